The summed E-state index contributed by atoms with van der Waals surface area (Å²) in [6.45, 7) is 0. The van der Waals surface area contributed by atoms with Gasteiger partial charge in [0.1, 0.15) is 10.6 Å². The van der Waals surface area contributed by atoms with E-state index in [1.54, 1.807) is 24.3 Å². The van der Waals surface area contributed by atoms with Gasteiger partial charge in [0.2, 0.25) is 0 Å². The molecule has 1 N–H and O–H groups in total. The summed E-state index contributed by atoms with van der Waals surface area (Å²) < 4.78 is 30.5. The third-order valence-corrected chi connectivity index (χ3v) is 5.48. The van der Waals surface area contributed by atoms with Gasteiger partial charge in [-0.3, -0.25) is 14.9 Å². The number of carbonyl (C=O) groups excluding carboxylic acids is 1. The first-order chi connectivity index (χ1) is 13.7. The van der Waals surface area contributed by atoms with Gasteiger partial charge in [-0.25, -0.2) is 0 Å². The van der Waals surface area contributed by atoms with Crippen LogP contribution in [-0.2, 0) is 10.1 Å². The van der Waals surface area contributed by atoms with Gasteiger partial charge in [-0.05, 0) is 48.5 Å². The minimum absolute atomic E-state index is 0.163. The Bertz CT molecular complexity index is 1180. The Morgan fingerprint density at radius 2 is 1.69 bits per heavy atom. The van der Waals surface area contributed by atoms with Crippen molar-refractivity contribution in [2.24, 2.45) is 0 Å². The summed E-state index contributed by atoms with van der Waals surface area (Å²) in [5.74, 6) is -0.527. The molecule has 0 aliphatic heterocycles. The van der Waals surface area contributed by atoms with Gasteiger partial charge in [-0.2, -0.15) is 8.42 Å². The van der Waals surface area contributed by atoms with Crippen molar-refractivity contribution >= 4 is 43.3 Å². The lowest BCUT2D eigenvalue weighted by molar-refractivity contribution is -0.384. The van der Waals surface area contributed by atoms with E-state index in [4.69, 9.17) is 4.18 Å². The van der Waals surface area contributed by atoms with Crippen molar-refractivity contribution in [1.82, 2.24) is 0 Å². The number of halogens is 1. The van der Waals surface area contributed by atoms with Crippen LogP contribution in [0, 0.1) is 10.1 Å². The highest BCUT2D eigenvalue weighted by atomic mass is 79.9. The molecule has 3 aromatic carbocycles. The van der Waals surface area contributed by atoms with Crippen LogP contribution in [0.1, 0.15) is 10.4 Å². The van der Waals surface area contributed by atoms with Crippen LogP contribution in [0.3, 0.4) is 0 Å². The minimum Gasteiger partial charge on any atom is -0.379 e. The lowest BCUT2D eigenvalue weighted by atomic mass is 10.2. The van der Waals surface area contributed by atoms with Gasteiger partial charge >= 0.3 is 10.1 Å². The van der Waals surface area contributed by atoms with Crippen LogP contribution in [0.25, 0.3) is 0 Å². The van der Waals surface area contributed by atoms with E-state index in [1.807, 2.05) is 0 Å². The normalized spacial score (nSPS) is 10.9. The molecule has 8 nitrogen and oxygen atoms in total. The van der Waals surface area contributed by atoms with Crippen molar-refractivity contribution in [3.63, 3.8) is 0 Å². The Kier molecular flexibility index (Phi) is 5.95. The SMILES string of the molecule is O=C(Nc1ccc(S(=O)(=O)Oc2cccc([N+](=O)[O-])c2)cc1)c1cccc(Br)c1. The van der Waals surface area contributed by atoms with Gasteiger partial charge in [0.05, 0.1) is 11.0 Å². The number of benzene rings is 3. The molecule has 3 aromatic rings. The predicted molar refractivity (Wildman–Crippen MR) is 109 cm³/mol. The number of amides is 1. The number of hydrogen-bond donors (Lipinski definition) is 1. The van der Waals surface area contributed by atoms with Crippen LogP contribution in [0.15, 0.2) is 82.2 Å². The Morgan fingerprint density at radius 1 is 1.00 bits per heavy atom. The van der Waals surface area contributed by atoms with E-state index in [-0.39, 0.29) is 22.2 Å². The number of nitrogens with zero attached hydrogens (tertiary/aromatic N) is 1. The molecule has 3 rings (SSSR count). The first-order valence-corrected chi connectivity index (χ1v) is 10.3. The number of carbonyl (C=O) groups is 1. The molecule has 29 heavy (non-hydrogen) atoms. The van der Waals surface area contributed by atoms with Crippen LogP contribution >= 0.6 is 15.9 Å². The summed E-state index contributed by atoms with van der Waals surface area (Å²) in [4.78, 5) is 22.2. The molecule has 0 bridgehead atoms. The third-order valence-electron chi connectivity index (χ3n) is 3.72. The van der Waals surface area contributed by atoms with Crippen molar-refractivity contribution in [3.8, 4) is 5.75 Å². The molecule has 10 heteroatoms. The second-order valence-electron chi connectivity index (χ2n) is 5.78. The second kappa shape index (κ2) is 8.41. The van der Waals surface area contributed by atoms with Crippen LogP contribution in [0.2, 0.25) is 0 Å². The van der Waals surface area contributed by atoms with Crippen molar-refractivity contribution in [1.29, 1.82) is 0 Å². The number of hydrogen-bond acceptors (Lipinski definition) is 6. The molecule has 0 aromatic heterocycles. The first kappa shape index (κ1) is 20.5. The fourth-order valence-electron chi connectivity index (χ4n) is 2.36. The molecule has 148 valence electrons. The molecule has 0 radical (unpaired) electrons. The molecule has 1 amide bonds. The van der Waals surface area contributed by atoms with Gasteiger partial charge in [-0.1, -0.05) is 28.1 Å². The summed E-state index contributed by atoms with van der Waals surface area (Å²) in [5.41, 5.74) is 0.540. The second-order valence-corrected chi connectivity index (χ2v) is 8.24. The molecule has 0 spiro atoms. The number of non-ortho nitro benzene ring substituents is 1. The number of anilines is 1. The Labute approximate surface area is 174 Å². The van der Waals surface area contributed by atoms with Gasteiger partial charge in [-0.15, -0.1) is 0 Å². The Hall–Kier alpha value is -3.24. The highest BCUT2D eigenvalue weighted by molar-refractivity contribution is 9.10. The van der Waals surface area contributed by atoms with E-state index < -0.39 is 15.0 Å². The zero-order chi connectivity index (χ0) is 21.0. The van der Waals surface area contributed by atoms with Crippen molar-refractivity contribution < 1.29 is 22.3 Å². The molecular weight excluding hydrogens is 464 g/mol. The van der Waals surface area contributed by atoms with E-state index in [9.17, 15) is 23.3 Å². The summed E-state index contributed by atoms with van der Waals surface area (Å²) in [6.07, 6.45) is 0. The van der Waals surface area contributed by atoms with E-state index in [1.165, 1.54) is 42.5 Å². The zero-order valence-electron chi connectivity index (χ0n) is 14.6. The zero-order valence-corrected chi connectivity index (χ0v) is 17.0. The van der Waals surface area contributed by atoms with Gasteiger partial charge in [0.25, 0.3) is 11.6 Å². The standard InChI is InChI=1S/C19H13BrN2O6S/c20-14-4-1-3-13(11-14)19(23)21-15-7-9-18(10-8-15)29(26,27)28-17-6-2-5-16(12-17)22(24)25/h1-12H,(H,21,23). The molecule has 0 heterocycles. The van der Waals surface area contributed by atoms with Crippen LogP contribution in [0.5, 0.6) is 5.75 Å². The monoisotopic (exact) mass is 476 g/mol. The molecule has 0 atom stereocenters. The molecule has 0 aliphatic carbocycles. The summed E-state index contributed by atoms with van der Waals surface area (Å²) in [5, 5.41) is 13.5. The quantitative estimate of drug-likeness (QED) is 0.320. The van der Waals surface area contributed by atoms with E-state index >= 15 is 0 Å². The molecule has 0 unspecified atom stereocenters. The fourth-order valence-corrected chi connectivity index (χ4v) is 3.68. The Morgan fingerprint density at radius 3 is 2.34 bits per heavy atom. The molecule has 0 fully saturated rings. The maximum atomic E-state index is 12.4. The lowest BCUT2D eigenvalue weighted by Crippen LogP contribution is -2.13. The topological polar surface area (TPSA) is 116 Å². The molecule has 0 saturated carbocycles. The van der Waals surface area contributed by atoms with Crippen LogP contribution < -0.4 is 9.50 Å². The van der Waals surface area contributed by atoms with E-state index in [0.29, 0.717) is 11.3 Å². The summed E-state index contributed by atoms with van der Waals surface area (Å²) >= 11 is 3.29. The average Bonchev–Trinajstić information content (AvgIpc) is 2.68. The third kappa shape index (κ3) is 5.18. The first-order valence-electron chi connectivity index (χ1n) is 8.10. The van der Waals surface area contributed by atoms with Crippen LogP contribution in [0.4, 0.5) is 11.4 Å². The predicted octanol–water partition coefficient (Wildman–Crippen LogP) is 4.38. The largest absolute Gasteiger partial charge is 0.379 e. The summed E-state index contributed by atoms with van der Waals surface area (Å²) in [6, 6.07) is 17.0. The highest BCUT2D eigenvalue weighted by Crippen LogP contribution is 2.24. The summed E-state index contributed by atoms with van der Waals surface area (Å²) in [7, 11) is -4.20. The van der Waals surface area contributed by atoms with Gasteiger partial charge in [0.15, 0.2) is 0 Å². The molecule has 0 saturated heterocycles. The highest BCUT2D eigenvalue weighted by Gasteiger charge is 2.18. The maximum absolute atomic E-state index is 12.4. The van der Waals surface area contributed by atoms with E-state index in [2.05, 4.69) is 21.2 Å². The van der Waals surface area contributed by atoms with E-state index in [0.717, 1.165) is 10.5 Å². The number of nitro groups is 1. The van der Waals surface area contributed by atoms with Gasteiger partial charge in [0, 0.05) is 21.8 Å². The van der Waals surface area contributed by atoms with Crippen molar-refractivity contribution in [3.05, 3.63) is 92.9 Å². The number of rotatable bonds is 6. The lowest BCUT2D eigenvalue weighted by Gasteiger charge is -2.09. The van der Waals surface area contributed by atoms with Crippen LogP contribution in [-0.4, -0.2) is 19.2 Å². The number of nitrogens with one attached hydrogen (secondary N) is 1. The fraction of sp³-hybridized carbons (Fsp3) is 0. The van der Waals surface area contributed by atoms with Gasteiger partial charge < -0.3 is 9.50 Å². The molecular formula is C19H13BrN2O6S. The molecule has 0 aliphatic rings. The van der Waals surface area contributed by atoms with Crippen molar-refractivity contribution in [2.45, 2.75) is 4.90 Å². The Balaban J connectivity index is 1.74. The maximum Gasteiger partial charge on any atom is 0.339 e. The minimum atomic E-state index is -4.20. The number of nitro benzene ring substituents is 1. The average molecular weight is 477 g/mol. The smallest absolute Gasteiger partial charge is 0.339 e. The van der Waals surface area contributed by atoms with Crippen molar-refractivity contribution in [2.75, 3.05) is 5.32 Å².